The van der Waals surface area contributed by atoms with Crippen molar-refractivity contribution in [2.75, 3.05) is 17.5 Å². The molecule has 1 heterocycles. The number of aliphatic hydroxyl groups is 1. The lowest BCUT2D eigenvalue weighted by molar-refractivity contribution is 0.115. The first-order valence-corrected chi connectivity index (χ1v) is 10.4. The molecule has 1 unspecified atom stereocenters. The van der Waals surface area contributed by atoms with Crippen LogP contribution in [-0.4, -0.2) is 32.8 Å². The molecule has 8 heteroatoms. The van der Waals surface area contributed by atoms with Crippen LogP contribution >= 0.6 is 23.2 Å². The van der Waals surface area contributed by atoms with E-state index in [4.69, 9.17) is 27.9 Å². The molecule has 3 aromatic rings. The first-order valence-electron chi connectivity index (χ1n) is 8.18. The number of halogens is 2. The number of nitrogens with zero attached hydrogens (tertiary/aromatic N) is 1. The van der Waals surface area contributed by atoms with Crippen LogP contribution in [-0.2, 0) is 10.0 Å². The van der Waals surface area contributed by atoms with Gasteiger partial charge in [-0.25, -0.2) is 8.42 Å². The highest BCUT2D eigenvalue weighted by molar-refractivity contribution is 7.93. The van der Waals surface area contributed by atoms with Gasteiger partial charge in [0.2, 0.25) is 0 Å². The number of anilines is 1. The second-order valence-corrected chi connectivity index (χ2v) is 8.88. The number of hydrogen-bond acceptors (Lipinski definition) is 4. The highest BCUT2D eigenvalue weighted by Crippen LogP contribution is 2.42. The van der Waals surface area contributed by atoms with Crippen molar-refractivity contribution in [2.24, 2.45) is 0 Å². The molecule has 1 aliphatic heterocycles. The molecule has 140 valence electrons. The number of ether oxygens (including phenoxy) is 1. The minimum Gasteiger partial charge on any atom is -0.489 e. The highest BCUT2D eigenvalue weighted by Gasteiger charge is 2.36. The van der Waals surface area contributed by atoms with Crippen LogP contribution in [0, 0.1) is 0 Å². The monoisotopic (exact) mass is 423 g/mol. The zero-order valence-corrected chi connectivity index (χ0v) is 16.3. The molecular formula is C19H15Cl2NO4S. The van der Waals surface area contributed by atoms with Crippen LogP contribution in [0.5, 0.6) is 5.75 Å². The second kappa shape index (κ2) is 6.87. The van der Waals surface area contributed by atoms with Crippen LogP contribution in [0.3, 0.4) is 0 Å². The number of hydrogen-bond donors (Lipinski definition) is 1. The van der Waals surface area contributed by atoms with E-state index in [-0.39, 0.29) is 18.0 Å². The van der Waals surface area contributed by atoms with E-state index >= 15 is 0 Å². The maximum absolute atomic E-state index is 12.9. The average molecular weight is 424 g/mol. The molecule has 0 amide bonds. The molecule has 3 aromatic carbocycles. The quantitative estimate of drug-likeness (QED) is 0.670. The van der Waals surface area contributed by atoms with Crippen molar-refractivity contribution >= 4 is 49.7 Å². The van der Waals surface area contributed by atoms with E-state index in [2.05, 4.69) is 0 Å². The summed E-state index contributed by atoms with van der Waals surface area (Å²) in [6.07, 6.45) is -1.05. The molecule has 0 aromatic heterocycles. The molecule has 0 saturated carbocycles. The molecule has 0 saturated heterocycles. The predicted octanol–water partition coefficient (Wildman–Crippen LogP) is 4.10. The average Bonchev–Trinajstić information content (AvgIpc) is 2.84. The summed E-state index contributed by atoms with van der Waals surface area (Å²) in [6, 6.07) is 15.3. The van der Waals surface area contributed by atoms with Gasteiger partial charge in [-0.3, -0.25) is 4.31 Å². The maximum atomic E-state index is 12.9. The van der Waals surface area contributed by atoms with Gasteiger partial charge in [-0.05, 0) is 35.7 Å². The fourth-order valence-corrected chi connectivity index (χ4v) is 5.39. The van der Waals surface area contributed by atoms with E-state index in [9.17, 15) is 13.5 Å². The summed E-state index contributed by atoms with van der Waals surface area (Å²) in [6.45, 7) is -0.235. The molecule has 4 rings (SSSR count). The van der Waals surface area contributed by atoms with Crippen molar-refractivity contribution in [3.05, 3.63) is 64.6 Å². The van der Waals surface area contributed by atoms with Gasteiger partial charge in [-0.15, -0.1) is 0 Å². The second-order valence-electron chi connectivity index (χ2n) is 6.21. The van der Waals surface area contributed by atoms with E-state index < -0.39 is 16.1 Å². The Bertz CT molecular complexity index is 1130. The summed E-state index contributed by atoms with van der Waals surface area (Å²) in [5.74, 6) is 0.370. The Morgan fingerprint density at radius 1 is 1.07 bits per heavy atom. The Morgan fingerprint density at radius 3 is 2.56 bits per heavy atom. The van der Waals surface area contributed by atoms with E-state index in [0.717, 1.165) is 5.39 Å². The van der Waals surface area contributed by atoms with Crippen LogP contribution in [0.25, 0.3) is 10.8 Å². The van der Waals surface area contributed by atoms with Crippen molar-refractivity contribution in [2.45, 2.75) is 11.0 Å². The van der Waals surface area contributed by atoms with Crippen molar-refractivity contribution in [3.63, 3.8) is 0 Å². The molecule has 0 radical (unpaired) electrons. The van der Waals surface area contributed by atoms with Crippen molar-refractivity contribution in [1.82, 2.24) is 0 Å². The van der Waals surface area contributed by atoms with Gasteiger partial charge < -0.3 is 9.84 Å². The summed E-state index contributed by atoms with van der Waals surface area (Å²) < 4.78 is 32.6. The molecule has 0 fully saturated rings. The van der Waals surface area contributed by atoms with Crippen LogP contribution in [0.15, 0.2) is 59.5 Å². The lowest BCUT2D eigenvalue weighted by Gasteiger charge is -2.22. The van der Waals surface area contributed by atoms with Crippen LogP contribution in [0.2, 0.25) is 10.0 Å². The molecule has 27 heavy (non-hydrogen) atoms. The number of rotatable bonds is 5. The number of sulfonamides is 1. The van der Waals surface area contributed by atoms with Crippen LogP contribution in [0.1, 0.15) is 0 Å². The molecular weight excluding hydrogens is 409 g/mol. The molecule has 1 N–H and O–H groups in total. The third-order valence-electron chi connectivity index (χ3n) is 4.38. The van der Waals surface area contributed by atoms with E-state index in [1.54, 1.807) is 36.4 Å². The number of β-amino-alcohol motifs (C(OH)–C–C–N with tert-alkyl or cyclic N) is 1. The van der Waals surface area contributed by atoms with Crippen molar-refractivity contribution in [3.8, 4) is 5.75 Å². The summed E-state index contributed by atoms with van der Waals surface area (Å²) in [7, 11) is -3.72. The largest absolute Gasteiger partial charge is 0.489 e. The summed E-state index contributed by atoms with van der Waals surface area (Å²) in [4.78, 5) is 0.254. The lowest BCUT2D eigenvalue weighted by Crippen LogP contribution is -2.37. The molecule has 1 aliphatic rings. The molecule has 0 aliphatic carbocycles. The van der Waals surface area contributed by atoms with Gasteiger partial charge in [0.1, 0.15) is 18.5 Å². The van der Waals surface area contributed by atoms with E-state index in [1.165, 1.54) is 10.4 Å². The minimum absolute atomic E-state index is 0.111. The SMILES string of the molecule is O=S1(=O)c2cccc3cccc(c23)N1CC(O)COc1ccc(Cl)cc1Cl. The van der Waals surface area contributed by atoms with Gasteiger partial charge in [0, 0.05) is 10.4 Å². The van der Waals surface area contributed by atoms with Gasteiger partial charge in [0.05, 0.1) is 22.2 Å². The molecule has 1 atom stereocenters. The van der Waals surface area contributed by atoms with Crippen molar-refractivity contribution < 1.29 is 18.3 Å². The Labute approximate surface area is 166 Å². The van der Waals surface area contributed by atoms with E-state index in [1.807, 2.05) is 12.1 Å². The molecule has 5 nitrogen and oxygen atoms in total. The molecule has 0 spiro atoms. The Kier molecular flexibility index (Phi) is 4.68. The van der Waals surface area contributed by atoms with Gasteiger partial charge in [-0.1, -0.05) is 47.5 Å². The standard InChI is InChI=1S/C19H15Cl2NO4S/c20-13-7-8-17(15(21)9-13)26-11-14(23)10-22-16-5-1-3-12-4-2-6-18(19(12)16)27(22,24)25/h1-9,14,23H,10-11H2. The van der Waals surface area contributed by atoms with Gasteiger partial charge in [0.25, 0.3) is 10.0 Å². The van der Waals surface area contributed by atoms with E-state index in [0.29, 0.717) is 26.9 Å². The zero-order valence-electron chi connectivity index (χ0n) is 14.0. The Morgan fingerprint density at radius 2 is 1.81 bits per heavy atom. The highest BCUT2D eigenvalue weighted by atomic mass is 35.5. The first-order chi connectivity index (χ1) is 12.9. The number of aliphatic hydroxyl groups excluding tert-OH is 1. The van der Waals surface area contributed by atoms with Gasteiger partial charge >= 0.3 is 0 Å². The smallest absolute Gasteiger partial charge is 0.265 e. The van der Waals surface area contributed by atoms with Crippen LogP contribution in [0.4, 0.5) is 5.69 Å². The lowest BCUT2D eigenvalue weighted by atomic mass is 10.1. The number of benzene rings is 3. The zero-order chi connectivity index (χ0) is 19.2. The predicted molar refractivity (Wildman–Crippen MR) is 106 cm³/mol. The minimum atomic E-state index is -3.72. The topological polar surface area (TPSA) is 66.8 Å². The van der Waals surface area contributed by atoms with Crippen LogP contribution < -0.4 is 9.04 Å². The Balaban J connectivity index is 1.55. The summed E-state index contributed by atoms with van der Waals surface area (Å²) >= 11 is 11.9. The van der Waals surface area contributed by atoms with Gasteiger partial charge in [0.15, 0.2) is 0 Å². The summed E-state index contributed by atoms with van der Waals surface area (Å²) in [5, 5.41) is 12.7. The Hall–Kier alpha value is -1.99. The van der Waals surface area contributed by atoms with Gasteiger partial charge in [-0.2, -0.15) is 0 Å². The fraction of sp³-hybridized carbons (Fsp3) is 0.158. The summed E-state index contributed by atoms with van der Waals surface area (Å²) in [5.41, 5.74) is 0.562. The maximum Gasteiger partial charge on any atom is 0.265 e. The third-order valence-corrected chi connectivity index (χ3v) is 6.74. The first kappa shape index (κ1) is 18.4. The normalized spacial score (nSPS) is 15.9. The van der Waals surface area contributed by atoms with Crippen molar-refractivity contribution in [1.29, 1.82) is 0 Å². The fourth-order valence-electron chi connectivity index (χ4n) is 3.18. The molecule has 0 bridgehead atoms. The third kappa shape index (κ3) is 3.23.